The number of nitrogens with one attached hydrogen (secondary N) is 1. The maximum Gasteiger partial charge on any atom is 0.244 e. The third-order valence-electron chi connectivity index (χ3n) is 2.87. The molecule has 1 amide bonds. The first kappa shape index (κ1) is 17.1. The second-order valence-corrected chi connectivity index (χ2v) is 7.25. The van der Waals surface area contributed by atoms with E-state index in [2.05, 4.69) is 5.32 Å². The van der Waals surface area contributed by atoms with E-state index in [1.807, 2.05) is 41.5 Å². The summed E-state index contributed by atoms with van der Waals surface area (Å²) in [5, 5.41) is 22.9. The molecule has 1 rings (SSSR count). The Morgan fingerprint density at radius 2 is 1.62 bits per heavy atom. The molecule has 0 aliphatic carbocycles. The highest BCUT2D eigenvalue weighted by Gasteiger charge is 2.20. The number of phenolic OH excluding ortho intramolecular Hbond substituents is 2. The second kappa shape index (κ2) is 5.80. The van der Waals surface area contributed by atoms with Crippen LogP contribution in [0.3, 0.4) is 0 Å². The number of carbonyl (C=O) groups is 1. The summed E-state index contributed by atoms with van der Waals surface area (Å²) >= 11 is 0. The molecule has 21 heavy (non-hydrogen) atoms. The topological polar surface area (TPSA) is 69.6 Å². The van der Waals surface area contributed by atoms with Crippen LogP contribution in [0.1, 0.15) is 52.7 Å². The molecule has 4 nitrogen and oxygen atoms in total. The van der Waals surface area contributed by atoms with Crippen LogP contribution in [0, 0.1) is 0 Å². The van der Waals surface area contributed by atoms with Crippen molar-refractivity contribution in [3.63, 3.8) is 0 Å². The lowest BCUT2D eigenvalue weighted by Gasteiger charge is -2.21. The zero-order chi connectivity index (χ0) is 16.4. The van der Waals surface area contributed by atoms with Crippen molar-refractivity contribution in [1.82, 2.24) is 5.32 Å². The molecule has 0 fully saturated rings. The number of carbonyl (C=O) groups excluding carboxylic acids is 1. The van der Waals surface area contributed by atoms with Crippen LogP contribution < -0.4 is 5.32 Å². The minimum absolute atomic E-state index is 0.0394. The van der Waals surface area contributed by atoms with Gasteiger partial charge in [-0.2, -0.15) is 0 Å². The van der Waals surface area contributed by atoms with E-state index < -0.39 is 0 Å². The van der Waals surface area contributed by atoms with Crippen molar-refractivity contribution in [2.45, 2.75) is 52.5 Å². The number of rotatable bonds is 2. The second-order valence-electron chi connectivity index (χ2n) is 7.25. The normalized spacial score (nSPS) is 12.7. The van der Waals surface area contributed by atoms with Crippen molar-refractivity contribution in [3.8, 4) is 11.5 Å². The molecule has 0 saturated carbocycles. The molecule has 0 spiro atoms. The highest BCUT2D eigenvalue weighted by molar-refractivity contribution is 5.92. The van der Waals surface area contributed by atoms with Crippen molar-refractivity contribution in [2.24, 2.45) is 0 Å². The monoisotopic (exact) mass is 291 g/mol. The van der Waals surface area contributed by atoms with Gasteiger partial charge in [0.05, 0.1) is 0 Å². The number of hydrogen-bond donors (Lipinski definition) is 3. The van der Waals surface area contributed by atoms with Crippen LogP contribution in [0.5, 0.6) is 11.5 Å². The first-order valence-corrected chi connectivity index (χ1v) is 6.97. The Kier molecular flexibility index (Phi) is 4.72. The number of benzene rings is 1. The summed E-state index contributed by atoms with van der Waals surface area (Å²) < 4.78 is 0. The molecule has 0 saturated heterocycles. The van der Waals surface area contributed by atoms with Crippen LogP contribution in [-0.4, -0.2) is 21.7 Å². The number of hydrogen-bond acceptors (Lipinski definition) is 3. The first-order valence-electron chi connectivity index (χ1n) is 6.97. The standard InChI is InChI=1S/C17H25NO3/c1-16(2,3)12-10-13(19)11(9-14(12)20)7-8-15(21)18-17(4,5)6/h7-10,19-20H,1-6H3,(H,18,21)/b8-7+. The van der Waals surface area contributed by atoms with Gasteiger partial charge < -0.3 is 15.5 Å². The average molecular weight is 291 g/mol. The summed E-state index contributed by atoms with van der Waals surface area (Å²) in [6.45, 7) is 11.5. The van der Waals surface area contributed by atoms with Crippen LogP contribution in [0.15, 0.2) is 18.2 Å². The molecular weight excluding hydrogens is 266 g/mol. The predicted molar refractivity (Wildman–Crippen MR) is 85.4 cm³/mol. The van der Waals surface area contributed by atoms with Gasteiger partial charge in [0.25, 0.3) is 0 Å². The third kappa shape index (κ3) is 5.14. The third-order valence-corrected chi connectivity index (χ3v) is 2.87. The summed E-state index contributed by atoms with van der Waals surface area (Å²) in [4.78, 5) is 11.7. The zero-order valence-corrected chi connectivity index (χ0v) is 13.6. The molecule has 116 valence electrons. The van der Waals surface area contributed by atoms with Gasteiger partial charge in [-0.1, -0.05) is 20.8 Å². The molecule has 0 aromatic heterocycles. The van der Waals surface area contributed by atoms with E-state index in [9.17, 15) is 15.0 Å². The molecule has 3 N–H and O–H groups in total. The molecule has 4 heteroatoms. The number of amides is 1. The Hall–Kier alpha value is -1.97. The van der Waals surface area contributed by atoms with Crippen molar-refractivity contribution < 1.29 is 15.0 Å². The van der Waals surface area contributed by atoms with Gasteiger partial charge in [-0.05, 0) is 44.4 Å². The lowest BCUT2D eigenvalue weighted by Crippen LogP contribution is -2.39. The van der Waals surface area contributed by atoms with Gasteiger partial charge in [0.15, 0.2) is 0 Å². The minimum Gasteiger partial charge on any atom is -0.508 e. The van der Waals surface area contributed by atoms with E-state index >= 15 is 0 Å². The quantitative estimate of drug-likeness (QED) is 0.578. The molecule has 0 heterocycles. The fraction of sp³-hybridized carbons (Fsp3) is 0.471. The largest absolute Gasteiger partial charge is 0.508 e. The predicted octanol–water partition coefficient (Wildman–Crippen LogP) is 3.32. The van der Waals surface area contributed by atoms with E-state index in [0.717, 1.165) is 0 Å². The molecule has 0 atom stereocenters. The van der Waals surface area contributed by atoms with E-state index in [4.69, 9.17) is 0 Å². The molecule has 0 radical (unpaired) electrons. The van der Waals surface area contributed by atoms with Gasteiger partial charge in [0.2, 0.25) is 5.91 Å². The highest BCUT2D eigenvalue weighted by atomic mass is 16.3. The smallest absolute Gasteiger partial charge is 0.244 e. The van der Waals surface area contributed by atoms with Crippen LogP contribution >= 0.6 is 0 Å². The fourth-order valence-electron chi connectivity index (χ4n) is 1.90. The van der Waals surface area contributed by atoms with Gasteiger partial charge in [0.1, 0.15) is 11.5 Å². The van der Waals surface area contributed by atoms with E-state index in [-0.39, 0.29) is 28.4 Å². The maximum atomic E-state index is 11.7. The molecule has 1 aromatic carbocycles. The molecular formula is C17H25NO3. The Labute approximate surface area is 126 Å². The molecule has 0 bridgehead atoms. The maximum absolute atomic E-state index is 11.7. The van der Waals surface area contributed by atoms with Crippen LogP contribution in [-0.2, 0) is 10.2 Å². The Balaban J connectivity index is 3.01. The summed E-state index contributed by atoms with van der Waals surface area (Å²) in [6.07, 6.45) is 2.83. The van der Waals surface area contributed by atoms with Gasteiger partial charge in [-0.15, -0.1) is 0 Å². The molecule has 1 aromatic rings. The molecule has 0 unspecified atom stereocenters. The summed E-state index contributed by atoms with van der Waals surface area (Å²) in [6, 6.07) is 3.01. The summed E-state index contributed by atoms with van der Waals surface area (Å²) in [7, 11) is 0. The van der Waals surface area contributed by atoms with Crippen LogP contribution in [0.25, 0.3) is 6.08 Å². The van der Waals surface area contributed by atoms with E-state index in [0.29, 0.717) is 11.1 Å². The number of aromatic hydroxyl groups is 2. The molecule has 0 aliphatic heterocycles. The highest BCUT2D eigenvalue weighted by Crippen LogP contribution is 2.35. The Morgan fingerprint density at radius 3 is 2.10 bits per heavy atom. The fourth-order valence-corrected chi connectivity index (χ4v) is 1.90. The SMILES string of the molecule is CC(C)(C)NC(=O)/C=C/c1cc(O)c(C(C)(C)C)cc1O. The van der Waals surface area contributed by atoms with Crippen molar-refractivity contribution >= 4 is 12.0 Å². The molecule has 0 aliphatic rings. The van der Waals surface area contributed by atoms with Gasteiger partial charge in [-0.25, -0.2) is 0 Å². The van der Waals surface area contributed by atoms with E-state index in [1.54, 1.807) is 0 Å². The minimum atomic E-state index is -0.318. The van der Waals surface area contributed by atoms with Crippen molar-refractivity contribution in [3.05, 3.63) is 29.3 Å². The number of phenols is 2. The lowest BCUT2D eigenvalue weighted by atomic mass is 9.85. The zero-order valence-electron chi connectivity index (χ0n) is 13.6. The average Bonchev–Trinajstić information content (AvgIpc) is 2.26. The van der Waals surface area contributed by atoms with Crippen molar-refractivity contribution in [2.75, 3.05) is 0 Å². The lowest BCUT2D eigenvalue weighted by molar-refractivity contribution is -0.117. The van der Waals surface area contributed by atoms with E-state index in [1.165, 1.54) is 24.3 Å². The van der Waals surface area contributed by atoms with Crippen LogP contribution in [0.2, 0.25) is 0 Å². The van der Waals surface area contributed by atoms with Gasteiger partial charge in [-0.3, -0.25) is 4.79 Å². The Bertz CT molecular complexity index is 561. The summed E-state index contributed by atoms with van der Waals surface area (Å²) in [5.41, 5.74) is 0.482. The van der Waals surface area contributed by atoms with Gasteiger partial charge >= 0.3 is 0 Å². The van der Waals surface area contributed by atoms with Crippen LogP contribution in [0.4, 0.5) is 0 Å². The summed E-state index contributed by atoms with van der Waals surface area (Å²) in [5.74, 6) is -0.102. The Morgan fingerprint density at radius 1 is 1.05 bits per heavy atom. The van der Waals surface area contributed by atoms with Crippen molar-refractivity contribution in [1.29, 1.82) is 0 Å². The first-order chi connectivity index (χ1) is 9.40. The van der Waals surface area contributed by atoms with Gasteiger partial charge in [0, 0.05) is 22.7 Å².